The number of hydrogen-bond donors (Lipinski definition) is 2. The van der Waals surface area contributed by atoms with E-state index in [-0.39, 0.29) is 12.2 Å². The maximum atomic E-state index is 11.9. The molecule has 0 bridgehead atoms. The summed E-state index contributed by atoms with van der Waals surface area (Å²) in [6, 6.07) is 16.5. The third-order valence-electron chi connectivity index (χ3n) is 3.59. The van der Waals surface area contributed by atoms with Crippen LogP contribution in [0, 0.1) is 0 Å². The van der Waals surface area contributed by atoms with Crippen molar-refractivity contribution in [3.8, 4) is 0 Å². The highest BCUT2D eigenvalue weighted by molar-refractivity contribution is 5.93. The molecule has 1 heterocycles. The number of hydrogen-bond acceptors (Lipinski definition) is 5. The van der Waals surface area contributed by atoms with Crippen molar-refractivity contribution in [2.75, 3.05) is 6.61 Å². The number of carbonyl (C=O) groups is 3. The second-order valence-corrected chi connectivity index (χ2v) is 5.50. The molecule has 2 amide bonds. The molecule has 0 saturated carbocycles. The van der Waals surface area contributed by atoms with Crippen molar-refractivity contribution in [2.24, 2.45) is 0 Å². The third kappa shape index (κ3) is 4.47. The lowest BCUT2D eigenvalue weighted by Gasteiger charge is -2.07. The zero-order valence-corrected chi connectivity index (χ0v) is 13.7. The van der Waals surface area contributed by atoms with Crippen LogP contribution in [0.1, 0.15) is 16.1 Å². The first-order valence-electron chi connectivity index (χ1n) is 7.88. The van der Waals surface area contributed by atoms with Gasteiger partial charge in [-0.25, -0.2) is 0 Å². The van der Waals surface area contributed by atoms with Gasteiger partial charge in [-0.3, -0.25) is 25.2 Å². The minimum absolute atomic E-state index is 0.0524. The van der Waals surface area contributed by atoms with Gasteiger partial charge in [0.05, 0.1) is 12.7 Å². The molecule has 7 heteroatoms. The SMILES string of the molecule is O=C(COC(=O)Cc1ccc2ccccc2c1)NNC(=O)c1ccco1. The van der Waals surface area contributed by atoms with Crippen molar-refractivity contribution in [1.29, 1.82) is 0 Å². The molecule has 2 N–H and O–H groups in total. The van der Waals surface area contributed by atoms with Gasteiger partial charge in [0.1, 0.15) is 0 Å². The van der Waals surface area contributed by atoms with Gasteiger partial charge in [0.2, 0.25) is 0 Å². The Morgan fingerprint density at radius 3 is 2.50 bits per heavy atom. The van der Waals surface area contributed by atoms with Crippen LogP contribution in [0.4, 0.5) is 0 Å². The topological polar surface area (TPSA) is 97.6 Å². The van der Waals surface area contributed by atoms with Crippen molar-refractivity contribution in [2.45, 2.75) is 6.42 Å². The highest BCUT2D eigenvalue weighted by Crippen LogP contribution is 2.16. The first kappa shape index (κ1) is 17.2. The number of rotatable bonds is 5. The molecular formula is C19H16N2O5. The standard InChI is InChI=1S/C19H16N2O5/c22-17(20-21-19(24)16-6-3-9-25-16)12-26-18(23)11-13-7-8-14-4-1-2-5-15(14)10-13/h1-10H,11-12H2,(H,20,22)(H,21,24). The highest BCUT2D eigenvalue weighted by atomic mass is 16.5. The Kier molecular flexibility index (Phi) is 5.28. The fraction of sp³-hybridized carbons (Fsp3) is 0.105. The van der Waals surface area contributed by atoms with Gasteiger partial charge in [-0.15, -0.1) is 0 Å². The molecule has 132 valence electrons. The smallest absolute Gasteiger partial charge is 0.310 e. The first-order valence-corrected chi connectivity index (χ1v) is 7.88. The fourth-order valence-corrected chi connectivity index (χ4v) is 2.34. The summed E-state index contributed by atoms with van der Waals surface area (Å²) in [5.41, 5.74) is 5.09. The minimum atomic E-state index is -0.656. The van der Waals surface area contributed by atoms with Crippen molar-refractivity contribution < 1.29 is 23.5 Å². The summed E-state index contributed by atoms with van der Waals surface area (Å²) in [6.07, 6.45) is 1.39. The van der Waals surface area contributed by atoms with Gasteiger partial charge < -0.3 is 9.15 Å². The van der Waals surface area contributed by atoms with Crippen LogP contribution < -0.4 is 10.9 Å². The summed E-state index contributed by atoms with van der Waals surface area (Å²) >= 11 is 0. The first-order chi connectivity index (χ1) is 12.6. The van der Waals surface area contributed by atoms with Crippen molar-refractivity contribution in [3.63, 3.8) is 0 Å². The summed E-state index contributed by atoms with van der Waals surface area (Å²) in [6.45, 7) is -0.495. The molecule has 3 aromatic rings. The van der Waals surface area contributed by atoms with Gasteiger partial charge in [0.15, 0.2) is 12.4 Å². The lowest BCUT2D eigenvalue weighted by atomic mass is 10.1. The Bertz CT molecular complexity index is 934. The van der Waals surface area contributed by atoms with Gasteiger partial charge in [0.25, 0.3) is 5.91 Å². The molecule has 26 heavy (non-hydrogen) atoms. The van der Waals surface area contributed by atoms with Gasteiger partial charge in [-0.2, -0.15) is 0 Å². The summed E-state index contributed by atoms with van der Waals surface area (Å²) in [4.78, 5) is 35.1. The van der Waals surface area contributed by atoms with Gasteiger partial charge in [-0.05, 0) is 28.5 Å². The van der Waals surface area contributed by atoms with E-state index in [2.05, 4.69) is 10.9 Å². The lowest BCUT2D eigenvalue weighted by Crippen LogP contribution is -2.43. The molecule has 0 aliphatic heterocycles. The van der Waals surface area contributed by atoms with Crippen LogP contribution in [-0.4, -0.2) is 24.4 Å². The van der Waals surface area contributed by atoms with Gasteiger partial charge >= 0.3 is 11.9 Å². The van der Waals surface area contributed by atoms with Crippen LogP contribution in [0.5, 0.6) is 0 Å². The van der Waals surface area contributed by atoms with E-state index < -0.39 is 24.4 Å². The van der Waals surface area contributed by atoms with E-state index >= 15 is 0 Å². The number of ether oxygens (including phenoxy) is 1. The number of esters is 1. The molecule has 0 aliphatic rings. The van der Waals surface area contributed by atoms with Gasteiger partial charge in [-0.1, -0.05) is 42.5 Å². The maximum absolute atomic E-state index is 11.9. The Morgan fingerprint density at radius 1 is 0.923 bits per heavy atom. The summed E-state index contributed by atoms with van der Waals surface area (Å²) in [5.74, 6) is -1.74. The van der Waals surface area contributed by atoms with E-state index in [9.17, 15) is 14.4 Å². The summed E-state index contributed by atoms with van der Waals surface area (Å²) in [5, 5.41) is 2.10. The van der Waals surface area contributed by atoms with Crippen LogP contribution in [0.3, 0.4) is 0 Å². The number of furan rings is 1. The Morgan fingerprint density at radius 2 is 1.73 bits per heavy atom. The predicted octanol–water partition coefficient (Wildman–Crippen LogP) is 1.98. The van der Waals surface area contributed by atoms with Crippen molar-refractivity contribution in [3.05, 3.63) is 72.2 Å². The van der Waals surface area contributed by atoms with E-state index in [0.29, 0.717) is 0 Å². The molecule has 0 atom stereocenters. The van der Waals surface area contributed by atoms with Crippen LogP contribution in [0.15, 0.2) is 65.3 Å². The number of amides is 2. The monoisotopic (exact) mass is 352 g/mol. The van der Waals surface area contributed by atoms with E-state index in [0.717, 1.165) is 16.3 Å². The Balaban J connectivity index is 1.44. The molecule has 7 nitrogen and oxygen atoms in total. The van der Waals surface area contributed by atoms with Crippen LogP contribution >= 0.6 is 0 Å². The number of hydrazine groups is 1. The number of carbonyl (C=O) groups excluding carboxylic acids is 3. The van der Waals surface area contributed by atoms with E-state index in [1.54, 1.807) is 6.07 Å². The summed E-state index contributed by atoms with van der Waals surface area (Å²) < 4.78 is 9.79. The normalized spacial score (nSPS) is 10.3. The third-order valence-corrected chi connectivity index (χ3v) is 3.59. The molecule has 0 radical (unpaired) electrons. The molecule has 0 unspecified atom stereocenters. The minimum Gasteiger partial charge on any atom is -0.459 e. The Hall–Kier alpha value is -3.61. The van der Waals surface area contributed by atoms with E-state index in [4.69, 9.17) is 9.15 Å². The van der Waals surface area contributed by atoms with E-state index in [1.807, 2.05) is 42.5 Å². The molecule has 0 fully saturated rings. The lowest BCUT2D eigenvalue weighted by molar-refractivity contribution is -0.148. The maximum Gasteiger partial charge on any atom is 0.310 e. The molecule has 0 spiro atoms. The summed E-state index contributed by atoms with van der Waals surface area (Å²) in [7, 11) is 0. The number of benzene rings is 2. The van der Waals surface area contributed by atoms with Crippen molar-refractivity contribution in [1.82, 2.24) is 10.9 Å². The number of nitrogens with one attached hydrogen (secondary N) is 2. The van der Waals surface area contributed by atoms with Crippen LogP contribution in [-0.2, 0) is 20.7 Å². The quantitative estimate of drug-likeness (QED) is 0.540. The van der Waals surface area contributed by atoms with E-state index in [1.165, 1.54) is 12.3 Å². The molecule has 1 aromatic heterocycles. The molecule has 0 saturated heterocycles. The second-order valence-electron chi connectivity index (χ2n) is 5.50. The van der Waals surface area contributed by atoms with Crippen molar-refractivity contribution >= 4 is 28.6 Å². The fourth-order valence-electron chi connectivity index (χ4n) is 2.34. The largest absolute Gasteiger partial charge is 0.459 e. The highest BCUT2D eigenvalue weighted by Gasteiger charge is 2.12. The average molecular weight is 352 g/mol. The molecule has 2 aromatic carbocycles. The predicted molar refractivity (Wildman–Crippen MR) is 92.9 cm³/mol. The molecular weight excluding hydrogens is 336 g/mol. The average Bonchev–Trinajstić information content (AvgIpc) is 3.19. The zero-order chi connectivity index (χ0) is 18.4. The Labute approximate surface area is 148 Å². The second kappa shape index (κ2) is 7.98. The van der Waals surface area contributed by atoms with Crippen LogP contribution in [0.25, 0.3) is 10.8 Å². The molecule has 0 aliphatic carbocycles. The van der Waals surface area contributed by atoms with Gasteiger partial charge in [0, 0.05) is 0 Å². The number of fused-ring (bicyclic) bond motifs is 1. The molecule has 3 rings (SSSR count). The van der Waals surface area contributed by atoms with Crippen LogP contribution in [0.2, 0.25) is 0 Å². The zero-order valence-electron chi connectivity index (χ0n) is 13.7.